The second kappa shape index (κ2) is 2.69. The average Bonchev–Trinajstić information content (AvgIpc) is 2.64. The summed E-state index contributed by atoms with van der Waals surface area (Å²) in [5.41, 5.74) is 1.26. The first kappa shape index (κ1) is 7.45. The van der Waals surface area contributed by atoms with Gasteiger partial charge in [-0.1, -0.05) is 23.2 Å². The molecule has 1 aliphatic rings. The Morgan fingerprint density at radius 1 is 1.18 bits per heavy atom. The van der Waals surface area contributed by atoms with Crippen LogP contribution in [0.15, 0.2) is 12.1 Å². The fraction of sp³-hybridized carbons (Fsp3) is 0.333. The predicted octanol–water partition coefficient (Wildman–Crippen LogP) is 3.67. The van der Waals surface area contributed by atoms with Crippen LogP contribution in [0, 0.1) is 6.07 Å². The molecule has 0 unspecified atom stereocenters. The van der Waals surface area contributed by atoms with Crippen LogP contribution in [-0.4, -0.2) is 0 Å². The summed E-state index contributed by atoms with van der Waals surface area (Å²) < 4.78 is 0. The van der Waals surface area contributed by atoms with Crippen molar-refractivity contribution in [2.24, 2.45) is 0 Å². The van der Waals surface area contributed by atoms with E-state index in [4.69, 9.17) is 23.2 Å². The summed E-state index contributed by atoms with van der Waals surface area (Å²) in [6.45, 7) is 0. The third-order valence-electron chi connectivity index (χ3n) is 1.87. The largest absolute Gasteiger partial charge is 0.0836 e. The van der Waals surface area contributed by atoms with Gasteiger partial charge >= 0.3 is 0 Å². The standard InChI is InChI=1S/C9H7Cl2/c10-8-3-7(6-1-2-6)4-9(11)5-8/h3-4,6H,1-2H2. The quantitative estimate of drug-likeness (QED) is 0.627. The minimum absolute atomic E-state index is 0.624. The highest BCUT2D eigenvalue weighted by molar-refractivity contribution is 6.34. The minimum atomic E-state index is 0.624. The van der Waals surface area contributed by atoms with E-state index in [9.17, 15) is 0 Å². The zero-order valence-electron chi connectivity index (χ0n) is 5.90. The number of hydrogen-bond acceptors (Lipinski definition) is 0. The van der Waals surface area contributed by atoms with Crippen molar-refractivity contribution >= 4 is 23.2 Å². The molecule has 1 aliphatic carbocycles. The van der Waals surface area contributed by atoms with Gasteiger partial charge in [0.1, 0.15) is 0 Å². The van der Waals surface area contributed by atoms with E-state index in [0.717, 1.165) is 0 Å². The topological polar surface area (TPSA) is 0 Å². The highest BCUT2D eigenvalue weighted by Gasteiger charge is 2.23. The van der Waals surface area contributed by atoms with Gasteiger partial charge in [-0.3, -0.25) is 0 Å². The van der Waals surface area contributed by atoms with E-state index in [2.05, 4.69) is 6.07 Å². The van der Waals surface area contributed by atoms with Crippen LogP contribution in [0.2, 0.25) is 10.0 Å². The highest BCUT2D eigenvalue weighted by atomic mass is 35.5. The molecule has 0 aromatic heterocycles. The molecule has 1 fully saturated rings. The molecule has 0 nitrogen and oxygen atoms in total. The summed E-state index contributed by atoms with van der Waals surface area (Å²) in [6, 6.07) is 6.72. The Morgan fingerprint density at radius 2 is 1.73 bits per heavy atom. The average molecular weight is 186 g/mol. The summed E-state index contributed by atoms with van der Waals surface area (Å²) >= 11 is 11.6. The zero-order valence-corrected chi connectivity index (χ0v) is 7.41. The zero-order chi connectivity index (χ0) is 7.84. The molecule has 1 saturated carbocycles. The molecule has 0 amide bonds. The van der Waals surface area contributed by atoms with Crippen LogP contribution in [0.4, 0.5) is 0 Å². The number of hydrogen-bond donors (Lipinski definition) is 0. The molecule has 1 radical (unpaired) electrons. The monoisotopic (exact) mass is 185 g/mol. The van der Waals surface area contributed by atoms with Crippen LogP contribution in [0.3, 0.4) is 0 Å². The Labute approximate surface area is 76.1 Å². The Bertz CT molecular complexity index is 257. The molecule has 0 N–H and O–H groups in total. The number of halogens is 2. The maximum atomic E-state index is 5.78. The smallest absolute Gasteiger partial charge is 0.0503 e. The van der Waals surface area contributed by atoms with Gasteiger partial charge < -0.3 is 0 Å². The molecule has 0 saturated heterocycles. The van der Waals surface area contributed by atoms with Crippen LogP contribution in [0.1, 0.15) is 24.3 Å². The van der Waals surface area contributed by atoms with E-state index in [1.54, 1.807) is 0 Å². The summed E-state index contributed by atoms with van der Waals surface area (Å²) in [4.78, 5) is 0. The third-order valence-corrected chi connectivity index (χ3v) is 2.28. The van der Waals surface area contributed by atoms with Gasteiger partial charge in [-0.2, -0.15) is 0 Å². The van der Waals surface area contributed by atoms with E-state index in [1.165, 1.54) is 18.4 Å². The van der Waals surface area contributed by atoms with Crippen LogP contribution in [0.5, 0.6) is 0 Å². The number of benzene rings is 1. The summed E-state index contributed by atoms with van der Waals surface area (Å²) in [5.74, 6) is 0.708. The van der Waals surface area contributed by atoms with Crippen molar-refractivity contribution in [1.82, 2.24) is 0 Å². The molecule has 1 aromatic rings. The predicted molar refractivity (Wildman–Crippen MR) is 47.3 cm³/mol. The van der Waals surface area contributed by atoms with Gasteiger partial charge in [0.05, 0.1) is 10.0 Å². The Morgan fingerprint density at radius 3 is 2.18 bits per heavy atom. The van der Waals surface area contributed by atoms with Crippen molar-refractivity contribution in [2.75, 3.05) is 0 Å². The van der Waals surface area contributed by atoms with Crippen LogP contribution >= 0.6 is 23.2 Å². The second-order valence-electron chi connectivity index (χ2n) is 2.88. The van der Waals surface area contributed by atoms with Crippen molar-refractivity contribution in [3.8, 4) is 0 Å². The van der Waals surface area contributed by atoms with Gasteiger partial charge in [0.15, 0.2) is 0 Å². The third kappa shape index (κ3) is 1.69. The lowest BCUT2D eigenvalue weighted by atomic mass is 10.1. The Balaban J connectivity index is 2.39. The maximum absolute atomic E-state index is 5.78. The second-order valence-corrected chi connectivity index (χ2v) is 3.70. The van der Waals surface area contributed by atoms with Gasteiger partial charge in [-0.25, -0.2) is 0 Å². The van der Waals surface area contributed by atoms with Crippen molar-refractivity contribution in [3.05, 3.63) is 33.8 Å². The lowest BCUT2D eigenvalue weighted by molar-refractivity contribution is 1.13. The first-order valence-electron chi connectivity index (χ1n) is 3.64. The van der Waals surface area contributed by atoms with Gasteiger partial charge in [0, 0.05) is 6.07 Å². The fourth-order valence-corrected chi connectivity index (χ4v) is 1.68. The van der Waals surface area contributed by atoms with Crippen LogP contribution in [-0.2, 0) is 0 Å². The first-order chi connectivity index (χ1) is 5.25. The van der Waals surface area contributed by atoms with E-state index in [1.807, 2.05) is 12.1 Å². The highest BCUT2D eigenvalue weighted by Crippen LogP contribution is 2.41. The fourth-order valence-electron chi connectivity index (χ4n) is 1.17. The van der Waals surface area contributed by atoms with Crippen LogP contribution < -0.4 is 0 Å². The molecule has 57 valence electrons. The normalized spacial score (nSPS) is 16.9. The van der Waals surface area contributed by atoms with Crippen molar-refractivity contribution < 1.29 is 0 Å². The summed E-state index contributed by atoms with van der Waals surface area (Å²) in [7, 11) is 0. The molecule has 0 aliphatic heterocycles. The van der Waals surface area contributed by atoms with E-state index in [-0.39, 0.29) is 0 Å². The first-order valence-corrected chi connectivity index (χ1v) is 4.39. The van der Waals surface area contributed by atoms with Crippen molar-refractivity contribution in [3.63, 3.8) is 0 Å². The van der Waals surface area contributed by atoms with Gasteiger partial charge in [0.2, 0.25) is 0 Å². The van der Waals surface area contributed by atoms with Crippen molar-refractivity contribution in [2.45, 2.75) is 18.8 Å². The van der Waals surface area contributed by atoms with E-state index >= 15 is 0 Å². The molecule has 0 heterocycles. The summed E-state index contributed by atoms with van der Waals surface area (Å²) in [5, 5.41) is 1.25. The lowest BCUT2D eigenvalue weighted by Crippen LogP contribution is -1.78. The number of rotatable bonds is 1. The molecule has 0 atom stereocenters. The molecule has 11 heavy (non-hydrogen) atoms. The molecular weight excluding hydrogens is 179 g/mol. The van der Waals surface area contributed by atoms with E-state index < -0.39 is 0 Å². The van der Waals surface area contributed by atoms with E-state index in [0.29, 0.717) is 16.0 Å². The Hall–Kier alpha value is -0.200. The SMILES string of the molecule is Clc1[c]c(Cl)cc(C2CC2)c1. The van der Waals surface area contributed by atoms with Crippen molar-refractivity contribution in [1.29, 1.82) is 0 Å². The molecular formula is C9H7Cl2. The molecule has 0 bridgehead atoms. The lowest BCUT2D eigenvalue weighted by Gasteiger charge is -1.98. The summed E-state index contributed by atoms with van der Waals surface area (Å²) in [6.07, 6.45) is 2.55. The molecule has 0 spiro atoms. The molecule has 2 heteroatoms. The Kier molecular flexibility index (Phi) is 1.82. The van der Waals surface area contributed by atoms with Crippen LogP contribution in [0.25, 0.3) is 0 Å². The minimum Gasteiger partial charge on any atom is -0.0836 e. The van der Waals surface area contributed by atoms with Gasteiger partial charge in [-0.05, 0) is 36.5 Å². The van der Waals surface area contributed by atoms with Gasteiger partial charge in [-0.15, -0.1) is 0 Å². The van der Waals surface area contributed by atoms with Gasteiger partial charge in [0.25, 0.3) is 0 Å². The molecule has 1 aromatic carbocycles. The maximum Gasteiger partial charge on any atom is 0.0503 e. The molecule has 2 rings (SSSR count).